The summed E-state index contributed by atoms with van der Waals surface area (Å²) >= 11 is 0. The molecule has 0 aromatic heterocycles. The van der Waals surface area contributed by atoms with Crippen LogP contribution in [-0.4, -0.2) is 26.0 Å². The molecule has 54 valence electrons. The van der Waals surface area contributed by atoms with Gasteiger partial charge in [-0.05, 0) is 13.5 Å². The van der Waals surface area contributed by atoms with Crippen molar-refractivity contribution < 1.29 is 4.79 Å². The van der Waals surface area contributed by atoms with Gasteiger partial charge in [-0.25, -0.2) is 0 Å². The summed E-state index contributed by atoms with van der Waals surface area (Å²) in [5, 5.41) is 5.50. The van der Waals surface area contributed by atoms with E-state index < -0.39 is 0 Å². The van der Waals surface area contributed by atoms with Gasteiger partial charge in [-0.15, -0.1) is 0 Å². The zero-order chi connectivity index (χ0) is 7.11. The van der Waals surface area contributed by atoms with Crippen LogP contribution in [0.1, 0.15) is 13.3 Å². The molecule has 0 aliphatic heterocycles. The zero-order valence-electron chi connectivity index (χ0n) is 6.03. The number of carbonyl (C=O) groups is 1. The number of likely N-dealkylation sites (N-methyl/N-ethyl adjacent to an activating group) is 1. The fourth-order valence-corrected chi connectivity index (χ4v) is 0.487. The lowest BCUT2D eigenvalue weighted by Gasteiger charge is -2.00. The molecule has 1 amide bonds. The quantitative estimate of drug-likeness (QED) is 0.550. The van der Waals surface area contributed by atoms with E-state index >= 15 is 0 Å². The molecule has 3 nitrogen and oxygen atoms in total. The number of nitrogens with one attached hydrogen (secondary N) is 2. The van der Waals surface area contributed by atoms with Crippen LogP contribution in [0.5, 0.6) is 0 Å². The van der Waals surface area contributed by atoms with Gasteiger partial charge in [0.1, 0.15) is 0 Å². The predicted octanol–water partition coefficient (Wildman–Crippen LogP) is -0.268. The first-order valence-electron chi connectivity index (χ1n) is 3.22. The molecule has 0 aliphatic rings. The van der Waals surface area contributed by atoms with Crippen LogP contribution >= 0.6 is 0 Å². The molecule has 0 saturated heterocycles. The zero-order valence-corrected chi connectivity index (χ0v) is 6.03. The van der Waals surface area contributed by atoms with Gasteiger partial charge in [0.05, 0.1) is 6.54 Å². The van der Waals surface area contributed by atoms with Crippen molar-refractivity contribution in [2.45, 2.75) is 13.3 Å². The van der Waals surface area contributed by atoms with Crippen LogP contribution in [0.3, 0.4) is 0 Å². The number of carbonyl (C=O) groups excluding carboxylic acids is 1. The van der Waals surface area contributed by atoms with Crippen molar-refractivity contribution in [2.24, 2.45) is 0 Å². The molecule has 0 saturated carbocycles. The topological polar surface area (TPSA) is 41.1 Å². The van der Waals surface area contributed by atoms with Crippen molar-refractivity contribution in [2.75, 3.05) is 20.1 Å². The summed E-state index contributed by atoms with van der Waals surface area (Å²) in [6.07, 6.45) is 0.995. The summed E-state index contributed by atoms with van der Waals surface area (Å²) in [5.41, 5.74) is 0. The molecule has 0 bridgehead atoms. The summed E-state index contributed by atoms with van der Waals surface area (Å²) < 4.78 is 0. The molecule has 0 rings (SSSR count). The molecule has 0 radical (unpaired) electrons. The average molecular weight is 130 g/mol. The van der Waals surface area contributed by atoms with Crippen molar-refractivity contribution in [3.8, 4) is 0 Å². The van der Waals surface area contributed by atoms with E-state index in [-0.39, 0.29) is 5.91 Å². The lowest BCUT2D eigenvalue weighted by molar-refractivity contribution is -0.120. The second-order valence-corrected chi connectivity index (χ2v) is 1.88. The maximum absolute atomic E-state index is 10.6. The molecule has 0 atom stereocenters. The summed E-state index contributed by atoms with van der Waals surface area (Å²) in [4.78, 5) is 10.6. The minimum absolute atomic E-state index is 0.0688. The van der Waals surface area contributed by atoms with E-state index in [1.54, 1.807) is 7.05 Å². The minimum Gasteiger partial charge on any atom is -0.355 e. The lowest BCUT2D eigenvalue weighted by atomic mass is 10.4. The Balaban J connectivity index is 3.06. The smallest absolute Gasteiger partial charge is 0.233 e. The number of hydrogen-bond donors (Lipinski definition) is 2. The maximum atomic E-state index is 10.6. The largest absolute Gasteiger partial charge is 0.355 e. The van der Waals surface area contributed by atoms with Gasteiger partial charge >= 0.3 is 0 Å². The van der Waals surface area contributed by atoms with Crippen molar-refractivity contribution in [3.63, 3.8) is 0 Å². The fraction of sp³-hybridized carbons (Fsp3) is 0.833. The Hall–Kier alpha value is -0.570. The van der Waals surface area contributed by atoms with Gasteiger partial charge in [0.25, 0.3) is 0 Å². The Bertz CT molecular complexity index is 83.1. The number of rotatable bonds is 4. The standard InChI is InChI=1S/C6H14N2O/c1-3-4-8-6(9)5-7-2/h7H,3-5H2,1-2H3,(H,8,9). The average Bonchev–Trinajstić information content (AvgIpc) is 1.85. The highest BCUT2D eigenvalue weighted by atomic mass is 16.1. The normalized spacial score (nSPS) is 9.11. The van der Waals surface area contributed by atoms with E-state index in [0.29, 0.717) is 6.54 Å². The molecule has 0 fully saturated rings. The van der Waals surface area contributed by atoms with Crippen LogP contribution in [-0.2, 0) is 4.79 Å². The monoisotopic (exact) mass is 130 g/mol. The van der Waals surface area contributed by atoms with Crippen molar-refractivity contribution in [3.05, 3.63) is 0 Å². The first-order valence-corrected chi connectivity index (χ1v) is 3.22. The molecule has 0 aliphatic carbocycles. The van der Waals surface area contributed by atoms with E-state index in [4.69, 9.17) is 0 Å². The van der Waals surface area contributed by atoms with Crippen LogP contribution in [0.25, 0.3) is 0 Å². The first kappa shape index (κ1) is 8.43. The second kappa shape index (κ2) is 5.56. The third kappa shape index (κ3) is 5.30. The van der Waals surface area contributed by atoms with Crippen molar-refractivity contribution in [1.82, 2.24) is 10.6 Å². The van der Waals surface area contributed by atoms with Gasteiger partial charge in [0, 0.05) is 6.54 Å². The minimum atomic E-state index is 0.0688. The predicted molar refractivity (Wildman–Crippen MR) is 37.2 cm³/mol. The Morgan fingerprint density at radius 3 is 2.67 bits per heavy atom. The number of amides is 1. The van der Waals surface area contributed by atoms with Gasteiger partial charge in [0.2, 0.25) is 5.91 Å². The Morgan fingerprint density at radius 1 is 1.56 bits per heavy atom. The van der Waals surface area contributed by atoms with Gasteiger partial charge in [-0.3, -0.25) is 4.79 Å². The molecular weight excluding hydrogens is 116 g/mol. The SMILES string of the molecule is CCCNC(=O)CNC. The van der Waals surface area contributed by atoms with Gasteiger partial charge in [-0.2, -0.15) is 0 Å². The first-order chi connectivity index (χ1) is 4.31. The van der Waals surface area contributed by atoms with E-state index in [1.165, 1.54) is 0 Å². The third-order valence-corrected chi connectivity index (χ3v) is 0.910. The molecular formula is C6H14N2O. The van der Waals surface area contributed by atoms with Crippen molar-refractivity contribution in [1.29, 1.82) is 0 Å². The van der Waals surface area contributed by atoms with Gasteiger partial charge < -0.3 is 10.6 Å². The Kier molecular flexibility index (Phi) is 5.21. The highest BCUT2D eigenvalue weighted by molar-refractivity contribution is 5.77. The highest BCUT2D eigenvalue weighted by Gasteiger charge is 1.93. The summed E-state index contributed by atoms with van der Waals surface area (Å²) in [7, 11) is 1.76. The van der Waals surface area contributed by atoms with E-state index in [1.807, 2.05) is 6.92 Å². The van der Waals surface area contributed by atoms with Gasteiger partial charge in [-0.1, -0.05) is 6.92 Å². The van der Waals surface area contributed by atoms with Crippen LogP contribution in [0.15, 0.2) is 0 Å². The molecule has 0 spiro atoms. The number of hydrogen-bond acceptors (Lipinski definition) is 2. The molecule has 2 N–H and O–H groups in total. The lowest BCUT2D eigenvalue weighted by Crippen LogP contribution is -2.32. The summed E-state index contributed by atoms with van der Waals surface area (Å²) in [6.45, 7) is 3.22. The van der Waals surface area contributed by atoms with Crippen LogP contribution in [0.2, 0.25) is 0 Å². The van der Waals surface area contributed by atoms with Crippen LogP contribution in [0, 0.1) is 0 Å². The van der Waals surface area contributed by atoms with E-state index in [9.17, 15) is 4.79 Å². The molecule has 3 heteroatoms. The molecule has 0 aromatic carbocycles. The van der Waals surface area contributed by atoms with Crippen molar-refractivity contribution >= 4 is 5.91 Å². The Labute approximate surface area is 55.8 Å². The maximum Gasteiger partial charge on any atom is 0.233 e. The van der Waals surface area contributed by atoms with E-state index in [0.717, 1.165) is 13.0 Å². The third-order valence-electron chi connectivity index (χ3n) is 0.910. The molecule has 0 heterocycles. The van der Waals surface area contributed by atoms with E-state index in [2.05, 4.69) is 10.6 Å². The molecule has 9 heavy (non-hydrogen) atoms. The molecule has 0 unspecified atom stereocenters. The second-order valence-electron chi connectivity index (χ2n) is 1.88. The van der Waals surface area contributed by atoms with Crippen LogP contribution in [0.4, 0.5) is 0 Å². The fourth-order valence-electron chi connectivity index (χ4n) is 0.487. The van der Waals surface area contributed by atoms with Crippen LogP contribution < -0.4 is 10.6 Å². The Morgan fingerprint density at radius 2 is 2.22 bits per heavy atom. The summed E-state index contributed by atoms with van der Waals surface area (Å²) in [5.74, 6) is 0.0688. The summed E-state index contributed by atoms with van der Waals surface area (Å²) in [6, 6.07) is 0. The molecule has 0 aromatic rings. The highest BCUT2D eigenvalue weighted by Crippen LogP contribution is 1.68. The van der Waals surface area contributed by atoms with Gasteiger partial charge in [0.15, 0.2) is 0 Å².